The van der Waals surface area contributed by atoms with Crippen LogP contribution in [0.1, 0.15) is 25.0 Å². The molecule has 16 heteroatoms. The van der Waals surface area contributed by atoms with E-state index in [2.05, 4.69) is 0 Å². The first kappa shape index (κ1) is 33.0. The van der Waals surface area contributed by atoms with Gasteiger partial charge < -0.3 is 10.2 Å². The quantitative estimate of drug-likeness (QED) is 0.208. The molecule has 0 heterocycles. The molecule has 2 rings (SSSR count). The zero-order valence-electron chi connectivity index (χ0n) is 21.1. The van der Waals surface area contributed by atoms with Gasteiger partial charge in [0.25, 0.3) is 31.3 Å². The molecular weight excluding hydrogens is 548 g/mol. The van der Waals surface area contributed by atoms with E-state index in [1.807, 2.05) is 0 Å². The molecule has 0 saturated heterocycles. The zero-order valence-corrected chi connectivity index (χ0v) is 22.8. The first-order chi connectivity index (χ1) is 17.4. The third kappa shape index (κ3) is 9.07. The zero-order chi connectivity index (χ0) is 29.4. The van der Waals surface area contributed by atoms with Gasteiger partial charge in [-0.2, -0.15) is 16.8 Å². The van der Waals surface area contributed by atoms with Crippen LogP contribution < -0.4 is 0 Å². The first-order valence-corrected chi connectivity index (χ1v) is 13.7. The van der Waals surface area contributed by atoms with E-state index < -0.39 is 67.6 Å². The van der Waals surface area contributed by atoms with Gasteiger partial charge in [0.15, 0.2) is 0 Å². The number of hydrogen-bond acceptors (Lipinski definition) is 12. The van der Waals surface area contributed by atoms with Gasteiger partial charge in [-0.25, -0.2) is 0 Å². The van der Waals surface area contributed by atoms with E-state index in [0.717, 1.165) is 18.1 Å². The average Bonchev–Trinajstić information content (AvgIpc) is 2.86. The van der Waals surface area contributed by atoms with Gasteiger partial charge in [0, 0.05) is 23.7 Å². The summed E-state index contributed by atoms with van der Waals surface area (Å²) in [5, 5.41) is 38.2. The second-order valence-corrected chi connectivity index (χ2v) is 12.1. The van der Waals surface area contributed by atoms with Crippen molar-refractivity contribution in [2.24, 2.45) is 0 Å². The summed E-state index contributed by atoms with van der Waals surface area (Å²) in [6, 6.07) is 11.5. The number of hydrogen-bond donors (Lipinski definition) is 2. The van der Waals surface area contributed by atoms with Crippen LogP contribution in [0.15, 0.2) is 58.3 Å². The summed E-state index contributed by atoms with van der Waals surface area (Å²) in [6.45, 7) is 2.67. The predicted molar refractivity (Wildman–Crippen MR) is 134 cm³/mol. The highest BCUT2D eigenvalue weighted by Crippen LogP contribution is 2.20. The van der Waals surface area contributed by atoms with Crippen molar-refractivity contribution < 1.29 is 45.3 Å². The third-order valence-corrected chi connectivity index (χ3v) is 7.79. The number of benzene rings is 2. The van der Waals surface area contributed by atoms with Crippen molar-refractivity contribution in [3.8, 4) is 0 Å². The average molecular weight is 579 g/mol. The fraction of sp³-hybridized carbons (Fsp3) is 0.455. The molecule has 0 atom stereocenters. The summed E-state index contributed by atoms with van der Waals surface area (Å²) < 4.78 is 58.7. The fourth-order valence-electron chi connectivity index (χ4n) is 2.27. The Morgan fingerprint density at radius 1 is 0.684 bits per heavy atom. The standard InChI is InChI=1S/C18H21NO8S2.C4H9NO4/c1-14-4-8-16(9-5-14)28(22,23)26-12-18(3,19(20)21)13-27-29(24,25)17-10-6-15(2)7-11-17;1-4(2-6,3-7)5(8)9/h4-11H,12-13H2,1-3H3;6-7H,2-3H2,1H3. The lowest BCUT2D eigenvalue weighted by atomic mass is 10.1. The highest BCUT2D eigenvalue weighted by molar-refractivity contribution is 7.87. The third-order valence-electron chi connectivity index (χ3n) is 5.23. The van der Waals surface area contributed by atoms with E-state index >= 15 is 0 Å². The van der Waals surface area contributed by atoms with E-state index in [1.165, 1.54) is 31.2 Å². The van der Waals surface area contributed by atoms with Crippen molar-refractivity contribution >= 4 is 20.2 Å². The van der Waals surface area contributed by atoms with Crippen LogP contribution in [-0.2, 0) is 28.6 Å². The number of rotatable bonds is 12. The molecule has 0 aliphatic rings. The van der Waals surface area contributed by atoms with Crippen molar-refractivity contribution in [2.45, 2.75) is 48.6 Å². The van der Waals surface area contributed by atoms with Gasteiger partial charge >= 0.3 is 0 Å². The number of aliphatic hydroxyl groups excluding tert-OH is 2. The molecule has 2 N–H and O–H groups in total. The maximum atomic E-state index is 12.3. The summed E-state index contributed by atoms with van der Waals surface area (Å²) in [5.74, 6) is 0. The molecule has 38 heavy (non-hydrogen) atoms. The summed E-state index contributed by atoms with van der Waals surface area (Å²) in [5.41, 5.74) is -2.04. The second-order valence-electron chi connectivity index (χ2n) is 8.88. The normalized spacial score (nSPS) is 12.4. The molecule has 0 amide bonds. The lowest BCUT2D eigenvalue weighted by Gasteiger charge is -2.20. The van der Waals surface area contributed by atoms with Crippen molar-refractivity contribution in [2.75, 3.05) is 26.4 Å². The minimum atomic E-state index is -4.26. The molecule has 0 spiro atoms. The largest absolute Gasteiger partial charge is 0.389 e. The van der Waals surface area contributed by atoms with Gasteiger partial charge in [-0.05, 0) is 38.1 Å². The van der Waals surface area contributed by atoms with Crippen LogP contribution in [0.2, 0.25) is 0 Å². The van der Waals surface area contributed by atoms with E-state index in [0.29, 0.717) is 0 Å². The van der Waals surface area contributed by atoms with E-state index in [4.69, 9.17) is 18.6 Å². The SMILES string of the molecule is CC(CO)(CO)[N+](=O)[O-].Cc1ccc(S(=O)(=O)OCC(C)(COS(=O)(=O)c2ccc(C)cc2)[N+](=O)[O-])cc1. The summed E-state index contributed by atoms with van der Waals surface area (Å²) in [4.78, 5) is 19.6. The molecule has 0 unspecified atom stereocenters. The van der Waals surface area contributed by atoms with Crippen LogP contribution in [0.4, 0.5) is 0 Å². The molecule has 212 valence electrons. The molecule has 0 saturated carbocycles. The number of aliphatic hydroxyl groups is 2. The van der Waals surface area contributed by atoms with Gasteiger partial charge in [-0.1, -0.05) is 35.4 Å². The topological polar surface area (TPSA) is 213 Å². The van der Waals surface area contributed by atoms with Gasteiger partial charge in [0.2, 0.25) is 0 Å². The van der Waals surface area contributed by atoms with Gasteiger partial charge in [-0.15, -0.1) is 0 Å². The fourth-order valence-corrected chi connectivity index (χ4v) is 4.30. The second kappa shape index (κ2) is 13.2. The molecule has 0 bridgehead atoms. The monoisotopic (exact) mass is 578 g/mol. The Morgan fingerprint density at radius 3 is 1.18 bits per heavy atom. The minimum absolute atomic E-state index is 0.165. The van der Waals surface area contributed by atoms with Crippen LogP contribution in [-0.4, -0.2) is 74.4 Å². The molecule has 2 aromatic carbocycles. The van der Waals surface area contributed by atoms with E-state index in [-0.39, 0.29) is 9.79 Å². The predicted octanol–water partition coefficient (Wildman–Crippen LogP) is 1.46. The first-order valence-electron chi connectivity index (χ1n) is 10.9. The summed E-state index contributed by atoms with van der Waals surface area (Å²) in [6.07, 6.45) is 0. The minimum Gasteiger partial charge on any atom is -0.389 e. The highest BCUT2D eigenvalue weighted by Gasteiger charge is 2.42. The van der Waals surface area contributed by atoms with Gasteiger partial charge in [0.1, 0.15) is 26.4 Å². The number of nitro groups is 2. The van der Waals surface area contributed by atoms with Crippen LogP contribution in [0.25, 0.3) is 0 Å². The van der Waals surface area contributed by atoms with Crippen molar-refractivity contribution in [3.05, 3.63) is 79.9 Å². The maximum Gasteiger partial charge on any atom is 0.297 e. The van der Waals surface area contributed by atoms with Crippen LogP contribution in [0.3, 0.4) is 0 Å². The molecule has 2 aromatic rings. The smallest absolute Gasteiger partial charge is 0.297 e. The van der Waals surface area contributed by atoms with Crippen LogP contribution in [0, 0.1) is 34.1 Å². The summed E-state index contributed by atoms with van der Waals surface area (Å²) >= 11 is 0. The molecule has 0 aromatic heterocycles. The highest BCUT2D eigenvalue weighted by atomic mass is 32.2. The number of nitrogens with zero attached hydrogens (tertiary/aromatic N) is 2. The van der Waals surface area contributed by atoms with Crippen molar-refractivity contribution in [1.82, 2.24) is 0 Å². The molecule has 0 aliphatic carbocycles. The molecule has 0 aliphatic heterocycles. The van der Waals surface area contributed by atoms with Crippen LogP contribution in [0.5, 0.6) is 0 Å². The Kier molecular flexibility index (Phi) is 11.4. The number of aryl methyl sites for hydroxylation is 2. The Bertz CT molecular complexity index is 1230. The Balaban J connectivity index is 0.000000686. The van der Waals surface area contributed by atoms with Crippen molar-refractivity contribution in [1.29, 1.82) is 0 Å². The summed E-state index contributed by atoms with van der Waals surface area (Å²) in [7, 11) is -8.53. The van der Waals surface area contributed by atoms with E-state index in [9.17, 15) is 37.1 Å². The lowest BCUT2D eigenvalue weighted by molar-refractivity contribution is -0.572. The molecule has 0 fully saturated rings. The van der Waals surface area contributed by atoms with Crippen LogP contribution >= 0.6 is 0 Å². The van der Waals surface area contributed by atoms with Crippen molar-refractivity contribution in [3.63, 3.8) is 0 Å². The molecule has 0 radical (unpaired) electrons. The lowest BCUT2D eigenvalue weighted by Crippen LogP contribution is -2.45. The molecular formula is C22H30N2O12S2. The van der Waals surface area contributed by atoms with Gasteiger partial charge in [-0.3, -0.25) is 28.6 Å². The van der Waals surface area contributed by atoms with Gasteiger partial charge in [0.05, 0.1) is 9.79 Å². The molecule has 14 nitrogen and oxygen atoms in total. The Labute approximate surface area is 220 Å². The van der Waals surface area contributed by atoms with E-state index in [1.54, 1.807) is 38.1 Å². The maximum absolute atomic E-state index is 12.3. The Hall–Kier alpha value is -3.02. The Morgan fingerprint density at radius 2 is 0.974 bits per heavy atom.